The molecule has 0 fully saturated rings. The van der Waals surface area contributed by atoms with Crippen LogP contribution in [0.2, 0.25) is 5.02 Å². The van der Waals surface area contributed by atoms with E-state index in [-0.39, 0.29) is 21.8 Å². The summed E-state index contributed by atoms with van der Waals surface area (Å²) in [5.74, 6) is -2.29. The third-order valence-corrected chi connectivity index (χ3v) is 4.39. The van der Waals surface area contributed by atoms with Gasteiger partial charge in [-0.05, 0) is 36.4 Å². The average Bonchev–Trinajstić information content (AvgIpc) is 3.20. The molecule has 0 aliphatic heterocycles. The van der Waals surface area contributed by atoms with E-state index in [0.29, 0.717) is 6.07 Å². The molecule has 2 aromatic carbocycles. The molecule has 0 bridgehead atoms. The number of hydrogen-bond acceptors (Lipinski definition) is 3. The molecule has 0 unspecified atom stereocenters. The Morgan fingerprint density at radius 2 is 1.83 bits per heavy atom. The van der Waals surface area contributed by atoms with Crippen LogP contribution in [0, 0.1) is 5.82 Å². The lowest BCUT2D eigenvalue weighted by atomic mass is 10.1. The molecule has 3 aromatic rings. The zero-order valence-corrected chi connectivity index (χ0v) is 15.8. The Bertz CT molecular complexity index is 1060. The number of amides is 2. The monoisotopic (exact) mass is 440 g/mol. The summed E-state index contributed by atoms with van der Waals surface area (Å²) in [7, 11) is 0. The molecule has 0 radical (unpaired) electrons. The number of furan rings is 1. The predicted octanol–water partition coefficient (Wildman–Crippen LogP) is 5.52. The summed E-state index contributed by atoms with van der Waals surface area (Å²) in [6.07, 6.45) is -2.99. The second-order valence-corrected chi connectivity index (χ2v) is 6.56. The fourth-order valence-corrected chi connectivity index (χ4v) is 2.85. The van der Waals surface area contributed by atoms with E-state index in [1.54, 1.807) is 0 Å². The Morgan fingerprint density at radius 3 is 2.47 bits per heavy atom. The van der Waals surface area contributed by atoms with E-state index in [4.69, 9.17) is 16.0 Å². The van der Waals surface area contributed by atoms with Gasteiger partial charge in [-0.15, -0.1) is 0 Å². The van der Waals surface area contributed by atoms with Gasteiger partial charge in [0.15, 0.2) is 0 Å². The highest BCUT2D eigenvalue weighted by Crippen LogP contribution is 2.37. The van der Waals surface area contributed by atoms with Crippen LogP contribution >= 0.6 is 11.6 Å². The van der Waals surface area contributed by atoms with Gasteiger partial charge in [0.05, 0.1) is 29.5 Å². The number of hydrogen-bond donors (Lipinski definition) is 2. The zero-order chi connectivity index (χ0) is 21.9. The lowest BCUT2D eigenvalue weighted by Crippen LogP contribution is -2.19. The third-order valence-electron chi connectivity index (χ3n) is 4.04. The van der Waals surface area contributed by atoms with E-state index in [2.05, 4.69) is 10.6 Å². The van der Waals surface area contributed by atoms with Crippen LogP contribution in [0.15, 0.2) is 59.4 Å². The van der Waals surface area contributed by atoms with Crippen molar-refractivity contribution in [3.05, 3.63) is 82.5 Å². The molecule has 156 valence electrons. The van der Waals surface area contributed by atoms with Crippen LogP contribution in [-0.2, 0) is 17.4 Å². The highest BCUT2D eigenvalue weighted by atomic mass is 35.5. The summed E-state index contributed by atoms with van der Waals surface area (Å²) in [6, 6.07) is 8.02. The molecule has 0 saturated heterocycles. The van der Waals surface area contributed by atoms with E-state index >= 15 is 0 Å². The maximum atomic E-state index is 13.8. The first-order valence-electron chi connectivity index (χ1n) is 8.42. The molecule has 0 spiro atoms. The van der Waals surface area contributed by atoms with Gasteiger partial charge >= 0.3 is 6.18 Å². The van der Waals surface area contributed by atoms with Gasteiger partial charge in [-0.1, -0.05) is 17.7 Å². The van der Waals surface area contributed by atoms with Crippen molar-refractivity contribution in [2.75, 3.05) is 10.6 Å². The summed E-state index contributed by atoms with van der Waals surface area (Å²) in [4.78, 5) is 24.2. The van der Waals surface area contributed by atoms with Gasteiger partial charge in [0.25, 0.3) is 5.91 Å². The molecule has 5 nitrogen and oxygen atoms in total. The standard InChI is InChI=1S/C20H13ClF4N2O3/c21-15-2-1-3-16(22)13(15)9-18(28)27-17-5-4-12(8-14(17)20(23,24)25)26-19(29)11-6-7-30-10-11/h1-8,10H,9H2,(H,26,29)(H,27,28). The van der Waals surface area contributed by atoms with Crippen LogP contribution in [0.1, 0.15) is 21.5 Å². The van der Waals surface area contributed by atoms with Crippen molar-refractivity contribution in [2.45, 2.75) is 12.6 Å². The van der Waals surface area contributed by atoms with Gasteiger partial charge in [0.1, 0.15) is 12.1 Å². The lowest BCUT2D eigenvalue weighted by molar-refractivity contribution is -0.136. The van der Waals surface area contributed by atoms with Crippen molar-refractivity contribution in [1.29, 1.82) is 0 Å². The lowest BCUT2D eigenvalue weighted by Gasteiger charge is -2.16. The zero-order valence-electron chi connectivity index (χ0n) is 15.0. The van der Waals surface area contributed by atoms with Crippen LogP contribution < -0.4 is 10.6 Å². The van der Waals surface area contributed by atoms with E-state index in [0.717, 1.165) is 18.4 Å². The molecule has 1 heterocycles. The highest BCUT2D eigenvalue weighted by molar-refractivity contribution is 6.31. The first-order valence-corrected chi connectivity index (χ1v) is 8.80. The second-order valence-electron chi connectivity index (χ2n) is 6.15. The van der Waals surface area contributed by atoms with Crippen LogP contribution in [-0.4, -0.2) is 11.8 Å². The number of carbonyl (C=O) groups excluding carboxylic acids is 2. The number of alkyl halides is 3. The van der Waals surface area contributed by atoms with Gasteiger partial charge in [-0.3, -0.25) is 9.59 Å². The smallest absolute Gasteiger partial charge is 0.418 e. The Labute approximate surface area is 172 Å². The topological polar surface area (TPSA) is 71.3 Å². The summed E-state index contributed by atoms with van der Waals surface area (Å²) in [5, 5.41) is 4.41. The molecule has 10 heteroatoms. The number of benzene rings is 2. The van der Waals surface area contributed by atoms with Gasteiger partial charge < -0.3 is 15.1 Å². The largest absolute Gasteiger partial charge is 0.472 e. The molecular formula is C20H13ClF4N2O3. The van der Waals surface area contributed by atoms with Crippen LogP contribution in [0.25, 0.3) is 0 Å². The van der Waals surface area contributed by atoms with Gasteiger partial charge in [0, 0.05) is 16.3 Å². The maximum Gasteiger partial charge on any atom is 0.418 e. The molecule has 3 rings (SSSR count). The number of rotatable bonds is 5. The molecular weight excluding hydrogens is 428 g/mol. The van der Waals surface area contributed by atoms with Crippen molar-refractivity contribution >= 4 is 34.8 Å². The molecule has 0 aliphatic carbocycles. The summed E-state index contributed by atoms with van der Waals surface area (Å²) in [6.45, 7) is 0. The van der Waals surface area contributed by atoms with Crippen LogP contribution in [0.3, 0.4) is 0 Å². The van der Waals surface area contributed by atoms with Crippen molar-refractivity contribution in [1.82, 2.24) is 0 Å². The highest BCUT2D eigenvalue weighted by Gasteiger charge is 2.34. The molecule has 0 atom stereocenters. The number of anilines is 2. The van der Waals surface area contributed by atoms with Crippen LogP contribution in [0.4, 0.5) is 28.9 Å². The van der Waals surface area contributed by atoms with E-state index in [9.17, 15) is 27.2 Å². The first kappa shape index (κ1) is 21.4. The summed E-state index contributed by atoms with van der Waals surface area (Å²) < 4.78 is 59.0. The minimum Gasteiger partial charge on any atom is -0.472 e. The Balaban J connectivity index is 1.82. The second kappa shape index (κ2) is 8.58. The van der Waals surface area contributed by atoms with Gasteiger partial charge in [-0.2, -0.15) is 13.2 Å². The predicted molar refractivity (Wildman–Crippen MR) is 102 cm³/mol. The Kier molecular flexibility index (Phi) is 6.12. The van der Waals surface area contributed by atoms with Crippen molar-refractivity contribution in [2.24, 2.45) is 0 Å². The van der Waals surface area contributed by atoms with E-state index < -0.39 is 41.5 Å². The molecule has 0 aliphatic rings. The van der Waals surface area contributed by atoms with Gasteiger partial charge in [-0.25, -0.2) is 4.39 Å². The first-order chi connectivity index (χ1) is 14.1. The minimum atomic E-state index is -4.82. The fourth-order valence-electron chi connectivity index (χ4n) is 2.62. The van der Waals surface area contributed by atoms with E-state index in [1.807, 2.05) is 0 Å². The van der Waals surface area contributed by atoms with Crippen LogP contribution in [0.5, 0.6) is 0 Å². The average molecular weight is 441 g/mol. The Morgan fingerprint density at radius 1 is 1.07 bits per heavy atom. The number of nitrogens with one attached hydrogen (secondary N) is 2. The van der Waals surface area contributed by atoms with Crippen molar-refractivity contribution < 1.29 is 31.6 Å². The summed E-state index contributed by atoms with van der Waals surface area (Å²) in [5.41, 5.74) is -1.86. The quantitative estimate of drug-likeness (QED) is 0.513. The normalized spacial score (nSPS) is 11.2. The van der Waals surface area contributed by atoms with Gasteiger partial charge in [0.2, 0.25) is 5.91 Å². The molecule has 30 heavy (non-hydrogen) atoms. The molecule has 0 saturated carbocycles. The molecule has 1 aromatic heterocycles. The SMILES string of the molecule is O=C(Cc1c(F)cccc1Cl)Nc1ccc(NC(=O)c2ccoc2)cc1C(F)(F)F. The molecule has 2 amide bonds. The maximum absolute atomic E-state index is 13.8. The van der Waals surface area contributed by atoms with E-state index in [1.165, 1.54) is 30.5 Å². The number of halogens is 5. The number of carbonyl (C=O) groups is 2. The fraction of sp³-hybridized carbons (Fsp3) is 0.100. The molecule has 2 N–H and O–H groups in total. The van der Waals surface area contributed by atoms with Crippen molar-refractivity contribution in [3.8, 4) is 0 Å². The Hall–Kier alpha value is -3.33. The summed E-state index contributed by atoms with van der Waals surface area (Å²) >= 11 is 5.85. The minimum absolute atomic E-state index is 0.0153. The van der Waals surface area contributed by atoms with Crippen molar-refractivity contribution in [3.63, 3.8) is 0 Å². The third kappa shape index (κ3) is 4.98.